The number of hydrogen-bond donors (Lipinski definition) is 1. The summed E-state index contributed by atoms with van der Waals surface area (Å²) in [4.78, 5) is 14.2. The van der Waals surface area contributed by atoms with Gasteiger partial charge in [0.05, 0.1) is 6.04 Å². The third-order valence-electron chi connectivity index (χ3n) is 4.16. The average Bonchev–Trinajstić information content (AvgIpc) is 2.81. The molecule has 1 amide bonds. The molecule has 5 heteroatoms. The number of aliphatic hydroxyl groups excluding tert-OH is 1. The lowest BCUT2D eigenvalue weighted by Crippen LogP contribution is -2.28. The summed E-state index contributed by atoms with van der Waals surface area (Å²) in [5.74, 6) is -0.972. The Hall–Kier alpha value is -2.27. The van der Waals surface area contributed by atoms with Gasteiger partial charge in [0, 0.05) is 24.3 Å². The molecule has 0 bridgehead atoms. The number of amides is 1. The smallest absolute Gasteiger partial charge is 0.255 e. The van der Waals surface area contributed by atoms with Crippen LogP contribution in [0.1, 0.15) is 40.4 Å². The molecule has 0 spiro atoms. The Morgan fingerprint density at radius 2 is 1.83 bits per heavy atom. The molecule has 2 aromatic carbocycles. The quantitative estimate of drug-likeness (QED) is 0.918. The molecule has 1 unspecified atom stereocenters. The van der Waals surface area contributed by atoms with Gasteiger partial charge in [-0.1, -0.05) is 18.2 Å². The van der Waals surface area contributed by atoms with Gasteiger partial charge >= 0.3 is 0 Å². The molecule has 0 radical (unpaired) electrons. The second kappa shape index (κ2) is 6.46. The van der Waals surface area contributed by atoms with Crippen molar-refractivity contribution >= 4 is 5.91 Å². The van der Waals surface area contributed by atoms with E-state index < -0.39 is 11.9 Å². The summed E-state index contributed by atoms with van der Waals surface area (Å²) in [6, 6.07) is 10.00. The molecule has 1 aliphatic rings. The fourth-order valence-electron chi connectivity index (χ4n) is 3.07. The second-order valence-corrected chi connectivity index (χ2v) is 5.64. The number of rotatable bonds is 5. The summed E-state index contributed by atoms with van der Waals surface area (Å²) in [6.07, 6.45) is 0.961. The molecular formula is C18H17F2NO2. The van der Waals surface area contributed by atoms with E-state index in [4.69, 9.17) is 5.11 Å². The number of benzene rings is 2. The first-order valence-corrected chi connectivity index (χ1v) is 7.56. The molecule has 0 aromatic heterocycles. The first-order valence-electron chi connectivity index (χ1n) is 7.56. The van der Waals surface area contributed by atoms with Crippen LogP contribution in [0, 0.1) is 11.6 Å². The van der Waals surface area contributed by atoms with E-state index in [-0.39, 0.29) is 24.9 Å². The monoisotopic (exact) mass is 317 g/mol. The van der Waals surface area contributed by atoms with Crippen molar-refractivity contribution < 1.29 is 18.7 Å². The van der Waals surface area contributed by atoms with Crippen LogP contribution in [0.3, 0.4) is 0 Å². The fraction of sp³-hybridized carbons (Fsp3) is 0.278. The van der Waals surface area contributed by atoms with Crippen LogP contribution in [0.15, 0.2) is 42.5 Å². The van der Waals surface area contributed by atoms with Crippen molar-refractivity contribution in [2.75, 3.05) is 6.61 Å². The molecule has 0 fully saturated rings. The van der Waals surface area contributed by atoms with Gasteiger partial charge in [0.25, 0.3) is 5.91 Å². The van der Waals surface area contributed by atoms with Gasteiger partial charge < -0.3 is 10.0 Å². The first-order chi connectivity index (χ1) is 11.1. The van der Waals surface area contributed by atoms with Crippen LogP contribution >= 0.6 is 0 Å². The molecule has 1 N–H and O–H groups in total. The summed E-state index contributed by atoms with van der Waals surface area (Å²) in [7, 11) is 0. The lowest BCUT2D eigenvalue weighted by atomic mass is 10.00. The molecular weight excluding hydrogens is 300 g/mol. The van der Waals surface area contributed by atoms with E-state index in [0.717, 1.165) is 5.56 Å². The molecule has 0 saturated carbocycles. The van der Waals surface area contributed by atoms with E-state index >= 15 is 0 Å². The number of fused-ring (bicyclic) bond motifs is 1. The second-order valence-electron chi connectivity index (χ2n) is 5.64. The van der Waals surface area contributed by atoms with Gasteiger partial charge in [-0.15, -0.1) is 0 Å². The van der Waals surface area contributed by atoms with Crippen LogP contribution in [0.5, 0.6) is 0 Å². The Bertz CT molecular complexity index is 715. The van der Waals surface area contributed by atoms with Crippen LogP contribution < -0.4 is 0 Å². The van der Waals surface area contributed by atoms with Crippen LogP contribution in [-0.4, -0.2) is 22.5 Å². The fourth-order valence-corrected chi connectivity index (χ4v) is 3.07. The number of nitrogens with zero attached hydrogens (tertiary/aromatic N) is 1. The molecule has 3 nitrogen and oxygen atoms in total. The van der Waals surface area contributed by atoms with Crippen molar-refractivity contribution in [3.05, 3.63) is 70.8 Å². The maximum atomic E-state index is 14.2. The highest BCUT2D eigenvalue weighted by molar-refractivity contribution is 5.99. The third kappa shape index (κ3) is 2.97. The van der Waals surface area contributed by atoms with Crippen molar-refractivity contribution in [1.82, 2.24) is 4.90 Å². The molecule has 3 rings (SSSR count). The predicted molar refractivity (Wildman–Crippen MR) is 81.7 cm³/mol. The van der Waals surface area contributed by atoms with Gasteiger partial charge in [-0.25, -0.2) is 8.78 Å². The molecule has 120 valence electrons. The van der Waals surface area contributed by atoms with Gasteiger partial charge in [-0.05, 0) is 42.7 Å². The molecule has 0 saturated heterocycles. The minimum Gasteiger partial charge on any atom is -0.396 e. The minimum atomic E-state index is -0.407. The van der Waals surface area contributed by atoms with Crippen LogP contribution in [-0.2, 0) is 6.54 Å². The lowest BCUT2D eigenvalue weighted by molar-refractivity contribution is 0.0693. The standard InChI is InChI=1S/C18H17F2NO2/c19-13-8-6-12(7-9-13)11-21-16(5-2-10-22)17-14(18(21)23)3-1-4-15(17)20/h1,3-4,6-9,16,22H,2,5,10-11H2. The summed E-state index contributed by atoms with van der Waals surface area (Å²) in [6.45, 7) is 0.266. The third-order valence-corrected chi connectivity index (χ3v) is 4.16. The van der Waals surface area contributed by atoms with E-state index in [2.05, 4.69) is 0 Å². The number of carbonyl (C=O) groups is 1. The normalized spacial score (nSPS) is 16.7. The van der Waals surface area contributed by atoms with E-state index in [1.807, 2.05) is 0 Å². The maximum Gasteiger partial charge on any atom is 0.255 e. The Labute approximate surface area is 133 Å². The summed E-state index contributed by atoms with van der Waals surface area (Å²) >= 11 is 0. The SMILES string of the molecule is O=C1c2cccc(F)c2C(CCCO)N1Cc1ccc(F)cc1. The number of halogens is 2. The largest absolute Gasteiger partial charge is 0.396 e. The van der Waals surface area contributed by atoms with Gasteiger partial charge in [-0.2, -0.15) is 0 Å². The summed E-state index contributed by atoms with van der Waals surface area (Å²) < 4.78 is 27.2. The lowest BCUT2D eigenvalue weighted by Gasteiger charge is -2.25. The van der Waals surface area contributed by atoms with Crippen LogP contribution in [0.2, 0.25) is 0 Å². The zero-order chi connectivity index (χ0) is 16.4. The van der Waals surface area contributed by atoms with Crippen molar-refractivity contribution in [2.24, 2.45) is 0 Å². The van der Waals surface area contributed by atoms with E-state index in [9.17, 15) is 13.6 Å². The molecule has 23 heavy (non-hydrogen) atoms. The Balaban J connectivity index is 1.93. The zero-order valence-electron chi connectivity index (χ0n) is 12.5. The van der Waals surface area contributed by atoms with Crippen molar-refractivity contribution in [1.29, 1.82) is 0 Å². The number of hydrogen-bond acceptors (Lipinski definition) is 2. The van der Waals surface area contributed by atoms with Crippen molar-refractivity contribution in [2.45, 2.75) is 25.4 Å². The topological polar surface area (TPSA) is 40.5 Å². The first kappa shape index (κ1) is 15.6. The molecule has 0 aliphatic carbocycles. The van der Waals surface area contributed by atoms with E-state index in [1.165, 1.54) is 24.3 Å². The Kier molecular flexibility index (Phi) is 4.39. The van der Waals surface area contributed by atoms with Gasteiger partial charge in [0.2, 0.25) is 0 Å². The minimum absolute atomic E-state index is 0.0150. The van der Waals surface area contributed by atoms with E-state index in [1.54, 1.807) is 23.1 Å². The molecule has 1 atom stereocenters. The van der Waals surface area contributed by atoms with Crippen LogP contribution in [0.4, 0.5) is 8.78 Å². The molecule has 1 aliphatic heterocycles. The maximum absolute atomic E-state index is 14.2. The molecule has 1 heterocycles. The Morgan fingerprint density at radius 1 is 1.09 bits per heavy atom. The zero-order valence-corrected chi connectivity index (χ0v) is 12.5. The molecule has 2 aromatic rings. The highest BCUT2D eigenvalue weighted by Crippen LogP contribution is 2.39. The van der Waals surface area contributed by atoms with Crippen molar-refractivity contribution in [3.8, 4) is 0 Å². The average molecular weight is 317 g/mol. The Morgan fingerprint density at radius 3 is 2.52 bits per heavy atom. The summed E-state index contributed by atoms with van der Waals surface area (Å²) in [5, 5.41) is 9.08. The number of carbonyl (C=O) groups excluding carboxylic acids is 1. The predicted octanol–water partition coefficient (Wildman–Crippen LogP) is 3.43. The van der Waals surface area contributed by atoms with Crippen molar-refractivity contribution in [3.63, 3.8) is 0 Å². The van der Waals surface area contributed by atoms with E-state index in [0.29, 0.717) is 24.0 Å². The van der Waals surface area contributed by atoms with Gasteiger partial charge in [0.1, 0.15) is 11.6 Å². The van der Waals surface area contributed by atoms with Gasteiger partial charge in [-0.3, -0.25) is 4.79 Å². The van der Waals surface area contributed by atoms with Crippen LogP contribution in [0.25, 0.3) is 0 Å². The highest BCUT2D eigenvalue weighted by atomic mass is 19.1. The number of aliphatic hydroxyl groups is 1. The van der Waals surface area contributed by atoms with Gasteiger partial charge in [0.15, 0.2) is 0 Å². The highest BCUT2D eigenvalue weighted by Gasteiger charge is 2.38. The summed E-state index contributed by atoms with van der Waals surface area (Å²) in [5.41, 5.74) is 1.55.